The molecule has 2 aromatic carbocycles. The summed E-state index contributed by atoms with van der Waals surface area (Å²) >= 11 is 7.43. The number of nitrogens with zero attached hydrogens (tertiary/aromatic N) is 4. The van der Waals surface area contributed by atoms with Crippen LogP contribution in [0, 0.1) is 20.8 Å². The average Bonchev–Trinajstić information content (AvgIpc) is 3.04. The van der Waals surface area contributed by atoms with Crippen LogP contribution in [-0.2, 0) is 4.79 Å². The summed E-state index contributed by atoms with van der Waals surface area (Å²) < 4.78 is 1.67. The number of carbonyl (C=O) groups is 1. The van der Waals surface area contributed by atoms with Crippen molar-refractivity contribution in [1.82, 2.24) is 20.2 Å². The quantitative estimate of drug-likeness (QED) is 0.670. The minimum Gasteiger partial charge on any atom is -0.324 e. The van der Waals surface area contributed by atoms with Gasteiger partial charge >= 0.3 is 0 Å². The Balaban J connectivity index is 1.71. The lowest BCUT2D eigenvalue weighted by Gasteiger charge is -2.11. The molecule has 0 spiro atoms. The second-order valence-corrected chi connectivity index (χ2v) is 7.28. The number of para-hydroxylation sites is 1. The average molecular weight is 388 g/mol. The molecule has 0 aliphatic carbocycles. The lowest BCUT2D eigenvalue weighted by atomic mass is 10.1. The van der Waals surface area contributed by atoms with Crippen molar-refractivity contribution in [3.05, 3.63) is 58.1 Å². The molecule has 0 radical (unpaired) electrons. The van der Waals surface area contributed by atoms with E-state index in [2.05, 4.69) is 20.8 Å². The van der Waals surface area contributed by atoms with Crippen molar-refractivity contribution in [2.45, 2.75) is 25.9 Å². The van der Waals surface area contributed by atoms with Gasteiger partial charge in [0.2, 0.25) is 11.1 Å². The number of aromatic nitrogens is 4. The van der Waals surface area contributed by atoms with Crippen LogP contribution < -0.4 is 5.32 Å². The highest BCUT2D eigenvalue weighted by atomic mass is 35.5. The van der Waals surface area contributed by atoms with Gasteiger partial charge in [0.25, 0.3) is 0 Å². The van der Waals surface area contributed by atoms with E-state index in [-0.39, 0.29) is 11.7 Å². The SMILES string of the molecule is Cc1ccc(NC(=O)CSc2nnnn2-c2c(C)cccc2C)c(Cl)c1. The molecule has 8 heteroatoms. The molecule has 0 bridgehead atoms. The molecule has 0 saturated carbocycles. The van der Waals surface area contributed by atoms with E-state index in [4.69, 9.17) is 11.6 Å². The fraction of sp³-hybridized carbons (Fsp3) is 0.222. The van der Waals surface area contributed by atoms with Crippen LogP contribution in [0.5, 0.6) is 0 Å². The molecular weight excluding hydrogens is 370 g/mol. The number of hydrogen-bond donors (Lipinski definition) is 1. The van der Waals surface area contributed by atoms with Gasteiger partial charge in [0.05, 0.1) is 22.2 Å². The van der Waals surface area contributed by atoms with E-state index in [0.29, 0.717) is 15.9 Å². The van der Waals surface area contributed by atoms with E-state index in [1.54, 1.807) is 10.7 Å². The Morgan fingerprint density at radius 3 is 2.62 bits per heavy atom. The first-order valence-corrected chi connectivity index (χ1v) is 9.36. The van der Waals surface area contributed by atoms with Crippen LogP contribution in [0.4, 0.5) is 5.69 Å². The zero-order chi connectivity index (χ0) is 18.7. The van der Waals surface area contributed by atoms with Gasteiger partial charge in [-0.3, -0.25) is 4.79 Å². The van der Waals surface area contributed by atoms with Crippen molar-refractivity contribution in [2.75, 3.05) is 11.1 Å². The number of amides is 1. The summed E-state index contributed by atoms with van der Waals surface area (Å²) in [6.07, 6.45) is 0. The minimum absolute atomic E-state index is 0.170. The molecule has 0 atom stereocenters. The Labute approximate surface area is 160 Å². The molecule has 0 fully saturated rings. The summed E-state index contributed by atoms with van der Waals surface area (Å²) in [6.45, 7) is 5.95. The lowest BCUT2D eigenvalue weighted by Crippen LogP contribution is -2.15. The van der Waals surface area contributed by atoms with Crippen molar-refractivity contribution < 1.29 is 4.79 Å². The normalized spacial score (nSPS) is 10.8. The van der Waals surface area contributed by atoms with Gasteiger partial charge in [-0.15, -0.1) is 5.10 Å². The number of aryl methyl sites for hydroxylation is 3. The number of nitrogens with one attached hydrogen (secondary N) is 1. The Kier molecular flexibility index (Phi) is 5.58. The third-order valence-corrected chi connectivity index (χ3v) is 5.06. The molecule has 1 aromatic heterocycles. The molecule has 0 saturated heterocycles. The van der Waals surface area contributed by atoms with Gasteiger partial charge < -0.3 is 5.32 Å². The fourth-order valence-electron chi connectivity index (χ4n) is 2.59. The zero-order valence-corrected chi connectivity index (χ0v) is 16.2. The maximum atomic E-state index is 12.3. The van der Waals surface area contributed by atoms with Gasteiger partial charge in [-0.25, -0.2) is 0 Å². The Morgan fingerprint density at radius 2 is 1.92 bits per heavy atom. The topological polar surface area (TPSA) is 72.7 Å². The van der Waals surface area contributed by atoms with Crippen LogP contribution in [0.3, 0.4) is 0 Å². The van der Waals surface area contributed by atoms with Gasteiger partial charge in [0, 0.05) is 0 Å². The van der Waals surface area contributed by atoms with Gasteiger partial charge in [-0.05, 0) is 60.0 Å². The van der Waals surface area contributed by atoms with Gasteiger partial charge in [0.15, 0.2) is 0 Å². The largest absolute Gasteiger partial charge is 0.324 e. The molecular formula is C18H18ClN5OS. The van der Waals surface area contributed by atoms with Crippen molar-refractivity contribution in [2.24, 2.45) is 0 Å². The number of tetrazole rings is 1. The summed E-state index contributed by atoms with van der Waals surface area (Å²) in [5, 5.41) is 15.8. The second kappa shape index (κ2) is 7.88. The number of hydrogen-bond acceptors (Lipinski definition) is 5. The van der Waals surface area contributed by atoms with Crippen molar-refractivity contribution in [1.29, 1.82) is 0 Å². The minimum atomic E-state index is -0.170. The van der Waals surface area contributed by atoms with E-state index >= 15 is 0 Å². The highest BCUT2D eigenvalue weighted by molar-refractivity contribution is 7.99. The van der Waals surface area contributed by atoms with E-state index < -0.39 is 0 Å². The van der Waals surface area contributed by atoms with Gasteiger partial charge in [-0.1, -0.05) is 47.6 Å². The molecule has 0 aliphatic rings. The fourth-order valence-corrected chi connectivity index (χ4v) is 3.55. The second-order valence-electron chi connectivity index (χ2n) is 5.93. The summed E-state index contributed by atoms with van der Waals surface area (Å²) in [6, 6.07) is 11.5. The third kappa shape index (κ3) is 4.05. The van der Waals surface area contributed by atoms with E-state index in [9.17, 15) is 4.79 Å². The molecule has 3 rings (SSSR count). The Bertz CT molecular complexity index is 936. The molecule has 6 nitrogen and oxygen atoms in total. The molecule has 134 valence electrons. The maximum absolute atomic E-state index is 12.3. The van der Waals surface area contributed by atoms with Crippen LogP contribution in [0.15, 0.2) is 41.6 Å². The Morgan fingerprint density at radius 1 is 1.19 bits per heavy atom. The zero-order valence-electron chi connectivity index (χ0n) is 14.7. The first-order valence-electron chi connectivity index (χ1n) is 7.99. The number of rotatable bonds is 5. The maximum Gasteiger partial charge on any atom is 0.234 e. The molecule has 0 aliphatic heterocycles. The van der Waals surface area contributed by atoms with Crippen molar-refractivity contribution >= 4 is 35.0 Å². The molecule has 26 heavy (non-hydrogen) atoms. The summed E-state index contributed by atoms with van der Waals surface area (Å²) in [4.78, 5) is 12.3. The van der Waals surface area contributed by atoms with E-state index in [1.807, 2.05) is 51.1 Å². The van der Waals surface area contributed by atoms with Crippen molar-refractivity contribution in [3.8, 4) is 5.69 Å². The Hall–Kier alpha value is -2.38. The first-order chi connectivity index (χ1) is 12.5. The lowest BCUT2D eigenvalue weighted by molar-refractivity contribution is -0.113. The van der Waals surface area contributed by atoms with Crippen LogP contribution >= 0.6 is 23.4 Å². The smallest absolute Gasteiger partial charge is 0.234 e. The van der Waals surface area contributed by atoms with Crippen LogP contribution in [0.1, 0.15) is 16.7 Å². The van der Waals surface area contributed by atoms with Crippen LogP contribution in [-0.4, -0.2) is 31.9 Å². The predicted octanol–water partition coefficient (Wildman–Crippen LogP) is 3.97. The number of halogens is 1. The summed E-state index contributed by atoms with van der Waals surface area (Å²) in [5.74, 6) is 0.00648. The number of anilines is 1. The standard InChI is InChI=1S/C18H18ClN5OS/c1-11-7-8-15(14(19)9-11)20-16(25)10-26-18-21-22-23-24(18)17-12(2)5-4-6-13(17)3/h4-9H,10H2,1-3H3,(H,20,25). The van der Waals surface area contributed by atoms with E-state index in [1.165, 1.54) is 11.8 Å². The van der Waals surface area contributed by atoms with Crippen LogP contribution in [0.2, 0.25) is 5.02 Å². The summed E-state index contributed by atoms with van der Waals surface area (Å²) in [7, 11) is 0. The number of carbonyl (C=O) groups excluding carboxylic acids is 1. The van der Waals surface area contributed by atoms with Gasteiger partial charge in [0.1, 0.15) is 0 Å². The monoisotopic (exact) mass is 387 g/mol. The predicted molar refractivity (Wildman–Crippen MR) is 104 cm³/mol. The number of benzene rings is 2. The highest BCUT2D eigenvalue weighted by Gasteiger charge is 2.15. The highest BCUT2D eigenvalue weighted by Crippen LogP contribution is 2.25. The molecule has 1 amide bonds. The van der Waals surface area contributed by atoms with Gasteiger partial charge in [-0.2, -0.15) is 4.68 Å². The first kappa shape index (κ1) is 18.4. The van der Waals surface area contributed by atoms with E-state index in [0.717, 1.165) is 22.4 Å². The molecule has 0 unspecified atom stereocenters. The van der Waals surface area contributed by atoms with Crippen molar-refractivity contribution in [3.63, 3.8) is 0 Å². The molecule has 1 N–H and O–H groups in total. The summed E-state index contributed by atoms with van der Waals surface area (Å²) in [5.41, 5.74) is 4.69. The van der Waals surface area contributed by atoms with Crippen LogP contribution in [0.25, 0.3) is 5.69 Å². The molecule has 1 heterocycles. The molecule has 3 aromatic rings. The third-order valence-electron chi connectivity index (χ3n) is 3.82. The number of thioether (sulfide) groups is 1.